The number of anilines is 1. The fourth-order valence-electron chi connectivity index (χ4n) is 3.56. The second-order valence-electron chi connectivity index (χ2n) is 7.70. The molecule has 0 aromatic heterocycles. The zero-order chi connectivity index (χ0) is 19.4. The molecule has 2 aliphatic heterocycles. The lowest BCUT2D eigenvalue weighted by molar-refractivity contribution is -0.140. The van der Waals surface area contributed by atoms with Gasteiger partial charge in [-0.25, -0.2) is 9.59 Å². The Morgan fingerprint density at radius 2 is 1.85 bits per heavy atom. The van der Waals surface area contributed by atoms with Gasteiger partial charge in [-0.05, 0) is 49.8 Å². The molecule has 27 heavy (non-hydrogen) atoms. The number of esters is 1. The predicted molar refractivity (Wildman–Crippen MR) is 105 cm³/mol. The van der Waals surface area contributed by atoms with Crippen molar-refractivity contribution < 1.29 is 14.3 Å². The van der Waals surface area contributed by atoms with E-state index in [1.165, 1.54) is 24.9 Å². The van der Waals surface area contributed by atoms with Gasteiger partial charge in [0.15, 0.2) is 0 Å². The van der Waals surface area contributed by atoms with E-state index in [4.69, 9.17) is 4.74 Å². The largest absolute Gasteiger partial charge is 0.462 e. The molecule has 3 rings (SSSR count). The number of nitrogens with one attached hydrogen (secondary N) is 2. The third-order valence-corrected chi connectivity index (χ3v) is 4.98. The van der Waals surface area contributed by atoms with Crippen LogP contribution in [0.5, 0.6) is 0 Å². The van der Waals surface area contributed by atoms with Crippen LogP contribution in [-0.2, 0) is 9.53 Å². The highest BCUT2D eigenvalue weighted by Gasteiger charge is 2.32. The molecule has 1 aromatic rings. The van der Waals surface area contributed by atoms with Gasteiger partial charge in [0.2, 0.25) is 0 Å². The van der Waals surface area contributed by atoms with Crippen LogP contribution in [0, 0.1) is 5.92 Å². The lowest BCUT2D eigenvalue weighted by atomic mass is 9.95. The van der Waals surface area contributed by atoms with E-state index in [0.717, 1.165) is 18.7 Å². The highest BCUT2D eigenvalue weighted by atomic mass is 16.5. The maximum absolute atomic E-state index is 12.6. The first-order valence-electron chi connectivity index (χ1n) is 9.76. The fourth-order valence-corrected chi connectivity index (χ4v) is 3.56. The van der Waals surface area contributed by atoms with E-state index in [0.29, 0.717) is 17.9 Å². The summed E-state index contributed by atoms with van der Waals surface area (Å²) in [7, 11) is 0. The summed E-state index contributed by atoms with van der Waals surface area (Å²) >= 11 is 0. The standard InChI is InChI=1S/C21H29N3O3/c1-14(2)13-27-20(25)18-15(3)22-21(26)23-19(18)16-7-9-17(10-8-16)24-11-5-4-6-12-24/h7-10,14,19H,4-6,11-13H2,1-3H3,(H2,22,23,26). The van der Waals surface area contributed by atoms with Crippen LogP contribution >= 0.6 is 0 Å². The van der Waals surface area contributed by atoms with E-state index in [1.54, 1.807) is 6.92 Å². The van der Waals surface area contributed by atoms with Crippen molar-refractivity contribution >= 4 is 17.7 Å². The molecule has 1 unspecified atom stereocenters. The van der Waals surface area contributed by atoms with Gasteiger partial charge in [0.1, 0.15) is 0 Å². The van der Waals surface area contributed by atoms with Gasteiger partial charge < -0.3 is 20.3 Å². The monoisotopic (exact) mass is 371 g/mol. The van der Waals surface area contributed by atoms with Gasteiger partial charge in [-0.2, -0.15) is 0 Å². The topological polar surface area (TPSA) is 70.7 Å². The van der Waals surface area contributed by atoms with E-state index >= 15 is 0 Å². The van der Waals surface area contributed by atoms with Gasteiger partial charge >= 0.3 is 12.0 Å². The number of benzene rings is 1. The molecule has 0 radical (unpaired) electrons. The van der Waals surface area contributed by atoms with Gasteiger partial charge in [-0.15, -0.1) is 0 Å². The summed E-state index contributed by atoms with van der Waals surface area (Å²) < 4.78 is 5.42. The van der Waals surface area contributed by atoms with Crippen molar-refractivity contribution in [3.05, 3.63) is 41.1 Å². The van der Waals surface area contributed by atoms with E-state index in [-0.39, 0.29) is 17.9 Å². The molecule has 2 heterocycles. The van der Waals surface area contributed by atoms with Gasteiger partial charge in [-0.1, -0.05) is 26.0 Å². The van der Waals surface area contributed by atoms with Crippen molar-refractivity contribution in [1.29, 1.82) is 0 Å². The maximum Gasteiger partial charge on any atom is 0.338 e. The summed E-state index contributed by atoms with van der Waals surface area (Å²) in [6.07, 6.45) is 3.74. The maximum atomic E-state index is 12.6. The molecule has 0 bridgehead atoms. The third kappa shape index (κ3) is 4.62. The number of hydrogen-bond donors (Lipinski definition) is 2. The lowest BCUT2D eigenvalue weighted by Gasteiger charge is -2.30. The van der Waals surface area contributed by atoms with Crippen LogP contribution in [0.2, 0.25) is 0 Å². The van der Waals surface area contributed by atoms with E-state index in [2.05, 4.69) is 27.7 Å². The Bertz CT molecular complexity index is 719. The van der Waals surface area contributed by atoms with Crippen LogP contribution < -0.4 is 15.5 Å². The summed E-state index contributed by atoms with van der Waals surface area (Å²) in [5.41, 5.74) is 3.06. The second kappa shape index (κ2) is 8.46. The zero-order valence-corrected chi connectivity index (χ0v) is 16.4. The summed E-state index contributed by atoms with van der Waals surface area (Å²) in [6.45, 7) is 8.23. The lowest BCUT2D eigenvalue weighted by Crippen LogP contribution is -2.45. The molecule has 1 fully saturated rings. The average molecular weight is 371 g/mol. The van der Waals surface area contributed by atoms with Crippen molar-refractivity contribution in [2.75, 3.05) is 24.6 Å². The third-order valence-electron chi connectivity index (χ3n) is 4.98. The molecule has 2 aliphatic rings. The molecule has 0 spiro atoms. The molecule has 6 nitrogen and oxygen atoms in total. The normalized spacial score (nSPS) is 20.4. The average Bonchev–Trinajstić information content (AvgIpc) is 2.66. The van der Waals surface area contributed by atoms with Crippen molar-refractivity contribution in [3.8, 4) is 0 Å². The van der Waals surface area contributed by atoms with E-state index in [9.17, 15) is 9.59 Å². The molecule has 1 atom stereocenters. The summed E-state index contributed by atoms with van der Waals surface area (Å²) in [5, 5.41) is 5.54. The number of amides is 2. The minimum absolute atomic E-state index is 0.253. The van der Waals surface area contributed by atoms with Crippen molar-refractivity contribution in [1.82, 2.24) is 10.6 Å². The van der Waals surface area contributed by atoms with Crippen molar-refractivity contribution in [2.45, 2.75) is 46.1 Å². The molecule has 6 heteroatoms. The molecule has 1 aromatic carbocycles. The van der Waals surface area contributed by atoms with Gasteiger partial charge in [0.25, 0.3) is 0 Å². The Kier molecular flexibility index (Phi) is 6.04. The first kappa shape index (κ1) is 19.3. The molecule has 0 saturated carbocycles. The minimum Gasteiger partial charge on any atom is -0.462 e. The number of ether oxygens (including phenoxy) is 1. The van der Waals surface area contributed by atoms with Crippen molar-refractivity contribution in [3.63, 3.8) is 0 Å². The minimum atomic E-state index is -0.506. The van der Waals surface area contributed by atoms with Crippen LogP contribution in [0.25, 0.3) is 0 Å². The molecule has 146 valence electrons. The molecule has 0 aliphatic carbocycles. The quantitative estimate of drug-likeness (QED) is 0.777. The highest BCUT2D eigenvalue weighted by molar-refractivity contribution is 5.95. The summed E-state index contributed by atoms with van der Waals surface area (Å²) in [5.74, 6) is -0.137. The Hall–Kier alpha value is -2.50. The van der Waals surface area contributed by atoms with Crippen LogP contribution in [0.1, 0.15) is 51.6 Å². The Morgan fingerprint density at radius 3 is 2.48 bits per heavy atom. The Labute approximate surface area is 161 Å². The van der Waals surface area contributed by atoms with Gasteiger partial charge in [0.05, 0.1) is 18.2 Å². The van der Waals surface area contributed by atoms with Crippen LogP contribution in [-0.4, -0.2) is 31.7 Å². The number of hydrogen-bond acceptors (Lipinski definition) is 4. The summed E-state index contributed by atoms with van der Waals surface area (Å²) in [6, 6.07) is 7.31. The Balaban J connectivity index is 1.82. The van der Waals surface area contributed by atoms with Gasteiger partial charge in [0, 0.05) is 24.5 Å². The fraction of sp³-hybridized carbons (Fsp3) is 0.524. The first-order chi connectivity index (χ1) is 13.0. The predicted octanol–water partition coefficient (Wildman–Crippen LogP) is 3.50. The van der Waals surface area contributed by atoms with E-state index < -0.39 is 6.04 Å². The number of nitrogens with zero attached hydrogens (tertiary/aromatic N) is 1. The van der Waals surface area contributed by atoms with E-state index in [1.807, 2.05) is 26.0 Å². The number of allylic oxidation sites excluding steroid dienone is 1. The number of piperidine rings is 1. The summed E-state index contributed by atoms with van der Waals surface area (Å²) in [4.78, 5) is 27.0. The zero-order valence-electron chi connectivity index (χ0n) is 16.4. The number of rotatable bonds is 5. The molecular formula is C21H29N3O3. The van der Waals surface area contributed by atoms with Gasteiger partial charge in [-0.3, -0.25) is 0 Å². The number of carbonyl (C=O) groups excluding carboxylic acids is 2. The molecule has 2 N–H and O–H groups in total. The van der Waals surface area contributed by atoms with Crippen LogP contribution in [0.4, 0.5) is 10.5 Å². The molecular weight excluding hydrogens is 342 g/mol. The SMILES string of the molecule is CC1=C(C(=O)OCC(C)C)C(c2ccc(N3CCCCC3)cc2)NC(=O)N1. The second-order valence-corrected chi connectivity index (χ2v) is 7.70. The highest BCUT2D eigenvalue weighted by Crippen LogP contribution is 2.29. The Morgan fingerprint density at radius 1 is 1.19 bits per heavy atom. The first-order valence-corrected chi connectivity index (χ1v) is 9.76. The number of urea groups is 1. The smallest absolute Gasteiger partial charge is 0.338 e. The molecule has 1 saturated heterocycles. The van der Waals surface area contributed by atoms with Crippen LogP contribution in [0.15, 0.2) is 35.5 Å². The molecule has 2 amide bonds. The number of carbonyl (C=O) groups is 2. The van der Waals surface area contributed by atoms with Crippen LogP contribution in [0.3, 0.4) is 0 Å². The van der Waals surface area contributed by atoms with Crippen molar-refractivity contribution in [2.24, 2.45) is 5.92 Å².